The molecule has 66 heavy (non-hydrogen) atoms. The fourth-order valence-corrected chi connectivity index (χ4v) is 8.10. The lowest BCUT2D eigenvalue weighted by molar-refractivity contribution is 0.602. The summed E-state index contributed by atoms with van der Waals surface area (Å²) in [4.78, 5) is 18.2. The molecular formula is C61H48N4O. The molecule has 0 saturated carbocycles. The second-order valence-corrected chi connectivity index (χ2v) is 16.3. The lowest BCUT2D eigenvalue weighted by Gasteiger charge is -2.10. The fourth-order valence-electron chi connectivity index (χ4n) is 8.10. The molecule has 318 valence electrons. The Morgan fingerprint density at radius 1 is 0.455 bits per heavy atom. The van der Waals surface area contributed by atoms with Gasteiger partial charge in [0.15, 0.2) is 5.76 Å². The highest BCUT2D eigenvalue weighted by atomic mass is 16.3. The first-order valence-corrected chi connectivity index (χ1v) is 21.9. The Morgan fingerprint density at radius 3 is 1.58 bits per heavy atom. The number of furan rings is 1. The highest BCUT2D eigenvalue weighted by Gasteiger charge is 2.19. The van der Waals surface area contributed by atoms with Crippen molar-refractivity contribution in [1.82, 2.24) is 9.97 Å². The predicted molar refractivity (Wildman–Crippen MR) is 279 cm³/mol. The third kappa shape index (κ3) is 9.23. The molecule has 7 aromatic carbocycles. The van der Waals surface area contributed by atoms with Crippen molar-refractivity contribution >= 4 is 60.9 Å². The Bertz CT molecular complexity index is 3450. The third-order valence-electron chi connectivity index (χ3n) is 11.8. The fraction of sp³-hybridized carbons (Fsp3) is 0.0492. The molecule has 5 nitrogen and oxygen atoms in total. The molecule has 0 radical (unpaired) electrons. The number of hydrogen-bond acceptors (Lipinski definition) is 5. The van der Waals surface area contributed by atoms with E-state index in [-0.39, 0.29) is 0 Å². The smallest absolute Gasteiger partial charge is 0.157 e. The molecule has 0 saturated heterocycles. The largest absolute Gasteiger partial charge is 0.454 e. The van der Waals surface area contributed by atoms with Gasteiger partial charge >= 0.3 is 0 Å². The summed E-state index contributed by atoms with van der Waals surface area (Å²) >= 11 is 0. The first-order valence-electron chi connectivity index (χ1n) is 21.9. The van der Waals surface area contributed by atoms with E-state index in [2.05, 4.69) is 164 Å². The molecule has 0 atom stereocenters. The minimum Gasteiger partial charge on any atom is -0.454 e. The van der Waals surface area contributed by atoms with Crippen LogP contribution in [0.1, 0.15) is 53.0 Å². The van der Waals surface area contributed by atoms with Gasteiger partial charge in [0.2, 0.25) is 0 Å². The highest BCUT2D eigenvalue weighted by molar-refractivity contribution is 6.16. The van der Waals surface area contributed by atoms with E-state index < -0.39 is 0 Å². The average molecular weight is 853 g/mol. The molecular weight excluding hydrogens is 805 g/mol. The molecule has 0 spiro atoms. The predicted octanol–water partition coefficient (Wildman–Crippen LogP) is 15.9. The van der Waals surface area contributed by atoms with Crippen LogP contribution in [-0.2, 0) is 0 Å². The molecule has 0 aliphatic heterocycles. The second-order valence-electron chi connectivity index (χ2n) is 16.3. The van der Waals surface area contributed by atoms with Gasteiger partial charge in [0.05, 0.1) is 11.4 Å². The quantitative estimate of drug-likeness (QED) is 0.102. The number of aromatic nitrogens is 2. The van der Waals surface area contributed by atoms with E-state index in [0.29, 0.717) is 5.70 Å². The van der Waals surface area contributed by atoms with Crippen LogP contribution in [0.2, 0.25) is 0 Å². The van der Waals surface area contributed by atoms with Crippen molar-refractivity contribution in [2.45, 2.75) is 20.8 Å². The van der Waals surface area contributed by atoms with E-state index in [1.807, 2.05) is 74.8 Å². The van der Waals surface area contributed by atoms with Crippen LogP contribution in [0.25, 0.3) is 71.7 Å². The van der Waals surface area contributed by atoms with Crippen molar-refractivity contribution in [3.63, 3.8) is 0 Å². The molecule has 0 fully saturated rings. The Labute approximate surface area is 386 Å². The molecule has 0 aliphatic carbocycles. The van der Waals surface area contributed by atoms with Crippen molar-refractivity contribution in [2.24, 2.45) is 9.98 Å². The SMILES string of the molecule is C=C(C)c1ccc(C(=NC(=C)c2ccc3ccc4ccccc4c3c2)c2oc3ccccc3c2C)cc1.C=C(N=C(C)c1ccc(-c2cccnc2)cc1)c1ccc(-c2cccnc2)cc1. The maximum absolute atomic E-state index is 6.37. The Morgan fingerprint density at radius 2 is 0.970 bits per heavy atom. The summed E-state index contributed by atoms with van der Waals surface area (Å²) in [5, 5.41) is 5.92. The Balaban J connectivity index is 0.000000171. The Kier molecular flexibility index (Phi) is 12.3. The van der Waals surface area contributed by atoms with E-state index >= 15 is 0 Å². The Hall–Kier alpha value is -8.54. The summed E-state index contributed by atoms with van der Waals surface area (Å²) in [6, 6.07) is 60.2. The van der Waals surface area contributed by atoms with Gasteiger partial charge in [-0.15, -0.1) is 0 Å². The number of para-hydroxylation sites is 1. The monoisotopic (exact) mass is 852 g/mol. The molecule has 0 unspecified atom stereocenters. The van der Waals surface area contributed by atoms with Crippen LogP contribution in [0.3, 0.4) is 0 Å². The van der Waals surface area contributed by atoms with Gasteiger partial charge in [-0.1, -0.05) is 177 Å². The third-order valence-corrected chi connectivity index (χ3v) is 11.8. The molecule has 3 aromatic heterocycles. The lowest BCUT2D eigenvalue weighted by atomic mass is 9.98. The van der Waals surface area contributed by atoms with Crippen LogP contribution in [0.15, 0.2) is 235 Å². The van der Waals surface area contributed by atoms with E-state index in [1.54, 1.807) is 12.4 Å². The number of benzene rings is 7. The number of fused-ring (bicyclic) bond motifs is 4. The van der Waals surface area contributed by atoms with Gasteiger partial charge in [0.25, 0.3) is 0 Å². The van der Waals surface area contributed by atoms with Gasteiger partial charge in [-0.05, 0) is 106 Å². The molecule has 0 N–H and O–H groups in total. The maximum atomic E-state index is 6.37. The minimum absolute atomic E-state index is 0.689. The zero-order chi connectivity index (χ0) is 45.6. The van der Waals surface area contributed by atoms with Crippen molar-refractivity contribution in [3.05, 3.63) is 260 Å². The van der Waals surface area contributed by atoms with Crippen molar-refractivity contribution < 1.29 is 4.42 Å². The highest BCUT2D eigenvalue weighted by Crippen LogP contribution is 2.32. The summed E-state index contributed by atoms with van der Waals surface area (Å²) in [6.07, 6.45) is 7.29. The summed E-state index contributed by atoms with van der Waals surface area (Å²) < 4.78 is 6.37. The first-order chi connectivity index (χ1) is 32.2. The molecule has 0 aliphatic rings. The van der Waals surface area contributed by atoms with Gasteiger partial charge < -0.3 is 4.42 Å². The number of nitrogens with zero attached hydrogens (tertiary/aromatic N) is 4. The molecule has 0 bridgehead atoms. The number of hydrogen-bond donors (Lipinski definition) is 0. The maximum Gasteiger partial charge on any atom is 0.157 e. The van der Waals surface area contributed by atoms with E-state index in [9.17, 15) is 0 Å². The van der Waals surface area contributed by atoms with E-state index in [4.69, 9.17) is 14.4 Å². The van der Waals surface area contributed by atoms with E-state index in [1.165, 1.54) is 21.5 Å². The molecule has 10 rings (SSSR count). The number of aryl methyl sites for hydroxylation is 1. The topological polar surface area (TPSA) is 63.6 Å². The standard InChI is InChI=1S/C35H27NO.C26H21N3/c1-22(2)25-13-18-28(19-14-25)34(35-23(3)30-10-7-8-12-33(30)37-35)36-24(4)29-20-17-27-16-15-26-9-5-6-11-31(26)32(27)21-29;1-19(21-7-11-23(12-8-21)25-5-3-15-27-17-25)29-20(2)22-9-13-24(14-10-22)26-6-4-16-28-18-26/h5-21H,1,4H2,2-3H3;3-18H,1H2,2H3. The zero-order valence-electron chi connectivity index (χ0n) is 37.4. The average Bonchev–Trinajstić information content (AvgIpc) is 3.71. The summed E-state index contributed by atoms with van der Waals surface area (Å²) in [6.45, 7) is 18.7. The summed E-state index contributed by atoms with van der Waals surface area (Å²) in [7, 11) is 0. The van der Waals surface area contributed by atoms with Crippen LogP contribution < -0.4 is 0 Å². The van der Waals surface area contributed by atoms with E-state index in [0.717, 1.165) is 95.1 Å². The van der Waals surface area contributed by atoms with Crippen molar-refractivity contribution in [2.75, 3.05) is 0 Å². The molecule has 10 aromatic rings. The van der Waals surface area contributed by atoms with Crippen LogP contribution >= 0.6 is 0 Å². The van der Waals surface area contributed by atoms with Gasteiger partial charge in [-0.2, -0.15) is 0 Å². The van der Waals surface area contributed by atoms with Gasteiger partial charge in [-0.3, -0.25) is 15.0 Å². The van der Waals surface area contributed by atoms with Crippen molar-refractivity contribution in [1.29, 1.82) is 0 Å². The number of aliphatic imine (C=N–C) groups is 2. The second kappa shape index (κ2) is 19.1. The van der Waals surface area contributed by atoms with Crippen LogP contribution in [0.4, 0.5) is 0 Å². The number of rotatable bonds is 10. The van der Waals surface area contributed by atoms with Crippen molar-refractivity contribution in [3.8, 4) is 22.3 Å². The van der Waals surface area contributed by atoms with Gasteiger partial charge in [0, 0.05) is 52.6 Å². The van der Waals surface area contributed by atoms with Crippen LogP contribution in [-0.4, -0.2) is 21.4 Å². The van der Waals surface area contributed by atoms with Gasteiger partial charge in [-0.25, -0.2) is 4.99 Å². The van der Waals surface area contributed by atoms with Crippen LogP contribution in [0, 0.1) is 6.92 Å². The molecule has 3 heterocycles. The minimum atomic E-state index is 0.689. The molecule has 0 amide bonds. The summed E-state index contributed by atoms with van der Waals surface area (Å²) in [5.74, 6) is 0.761. The lowest BCUT2D eigenvalue weighted by Crippen LogP contribution is -2.04. The first kappa shape index (κ1) is 42.7. The van der Waals surface area contributed by atoms with Crippen LogP contribution in [0.5, 0.6) is 0 Å². The normalized spacial score (nSPS) is 11.6. The zero-order valence-corrected chi connectivity index (χ0v) is 37.4. The number of allylic oxidation sites excluding steroid dienone is 1. The van der Waals surface area contributed by atoms with Gasteiger partial charge in [0.1, 0.15) is 11.3 Å². The number of pyridine rings is 2. The molecule has 5 heteroatoms. The summed E-state index contributed by atoms with van der Waals surface area (Å²) in [5.41, 5.74) is 15.7.